The molecule has 1 fully saturated rings. The molecule has 0 saturated heterocycles. The van der Waals surface area contributed by atoms with Crippen LogP contribution in [-0.4, -0.2) is 9.97 Å². The maximum absolute atomic E-state index is 6.12. The monoisotopic (exact) mass is 163 g/mol. The summed E-state index contributed by atoms with van der Waals surface area (Å²) in [5, 5.41) is 0. The van der Waals surface area contributed by atoms with Gasteiger partial charge in [0.15, 0.2) is 0 Å². The molecular formula is C9H13N3. The van der Waals surface area contributed by atoms with Crippen molar-refractivity contribution < 1.29 is 0 Å². The lowest BCUT2D eigenvalue weighted by atomic mass is 10.1. The Morgan fingerprint density at radius 1 is 1.33 bits per heavy atom. The average molecular weight is 163 g/mol. The van der Waals surface area contributed by atoms with Crippen molar-refractivity contribution in [2.24, 2.45) is 11.1 Å². The number of rotatable bonds is 1. The third-order valence-electron chi connectivity index (χ3n) is 2.77. The van der Waals surface area contributed by atoms with Crippen LogP contribution in [0.5, 0.6) is 0 Å². The number of hydrogen-bond donors (Lipinski definition) is 1. The molecule has 1 aromatic heterocycles. The van der Waals surface area contributed by atoms with E-state index in [0.717, 1.165) is 12.2 Å². The Kier molecular flexibility index (Phi) is 1.31. The minimum Gasteiger partial charge on any atom is -0.318 e. The minimum absolute atomic E-state index is 0.161. The van der Waals surface area contributed by atoms with Crippen molar-refractivity contribution in [3.8, 4) is 0 Å². The highest BCUT2D eigenvalue weighted by Gasteiger charge is 2.61. The first-order valence-corrected chi connectivity index (χ1v) is 4.13. The lowest BCUT2D eigenvalue weighted by molar-refractivity contribution is 0.487. The maximum atomic E-state index is 6.12. The topological polar surface area (TPSA) is 51.8 Å². The standard InChI is InChI=1S/C9H13N3/c1-8(2)6-9(8,10)7-11-4-3-5-12-7/h3-5H,6,10H2,1-2H3. The van der Waals surface area contributed by atoms with Crippen LogP contribution in [-0.2, 0) is 5.54 Å². The fourth-order valence-electron chi connectivity index (χ4n) is 1.56. The molecule has 1 aliphatic rings. The number of nitrogens with zero attached hydrogens (tertiary/aromatic N) is 2. The van der Waals surface area contributed by atoms with Crippen LogP contribution in [0.3, 0.4) is 0 Å². The predicted molar refractivity (Wildman–Crippen MR) is 46.3 cm³/mol. The summed E-state index contributed by atoms with van der Waals surface area (Å²) in [6.45, 7) is 4.28. The van der Waals surface area contributed by atoms with Crippen molar-refractivity contribution in [1.29, 1.82) is 0 Å². The Bertz CT molecular complexity index is 294. The zero-order chi connectivity index (χ0) is 8.82. The molecule has 12 heavy (non-hydrogen) atoms. The van der Waals surface area contributed by atoms with Gasteiger partial charge in [-0.25, -0.2) is 9.97 Å². The summed E-state index contributed by atoms with van der Waals surface area (Å²) >= 11 is 0. The van der Waals surface area contributed by atoms with E-state index in [2.05, 4.69) is 23.8 Å². The number of nitrogens with two attached hydrogens (primary N) is 1. The molecule has 0 aliphatic heterocycles. The van der Waals surface area contributed by atoms with Gasteiger partial charge in [-0.05, 0) is 17.9 Å². The second-order valence-corrected chi connectivity index (χ2v) is 4.10. The van der Waals surface area contributed by atoms with Gasteiger partial charge < -0.3 is 5.73 Å². The molecule has 2 N–H and O–H groups in total. The molecule has 1 atom stereocenters. The molecule has 64 valence electrons. The number of hydrogen-bond acceptors (Lipinski definition) is 3. The van der Waals surface area contributed by atoms with E-state index in [0.29, 0.717) is 0 Å². The van der Waals surface area contributed by atoms with Crippen molar-refractivity contribution in [1.82, 2.24) is 9.97 Å². The highest BCUT2D eigenvalue weighted by Crippen LogP contribution is 2.59. The Morgan fingerprint density at radius 2 is 1.83 bits per heavy atom. The maximum Gasteiger partial charge on any atom is 0.148 e. The van der Waals surface area contributed by atoms with Gasteiger partial charge in [0.25, 0.3) is 0 Å². The molecule has 0 aromatic carbocycles. The van der Waals surface area contributed by atoms with E-state index in [-0.39, 0.29) is 11.0 Å². The SMILES string of the molecule is CC1(C)CC1(N)c1ncccn1. The van der Waals surface area contributed by atoms with Gasteiger partial charge in [-0.1, -0.05) is 13.8 Å². The van der Waals surface area contributed by atoms with Crippen LogP contribution < -0.4 is 5.73 Å². The third-order valence-corrected chi connectivity index (χ3v) is 2.77. The Hall–Kier alpha value is -0.960. The fourth-order valence-corrected chi connectivity index (χ4v) is 1.56. The van der Waals surface area contributed by atoms with E-state index in [9.17, 15) is 0 Å². The predicted octanol–water partition coefficient (Wildman–Crippen LogP) is 1.06. The van der Waals surface area contributed by atoms with E-state index in [4.69, 9.17) is 5.73 Å². The molecule has 0 radical (unpaired) electrons. The van der Waals surface area contributed by atoms with Gasteiger partial charge in [0.1, 0.15) is 5.82 Å². The normalized spacial score (nSPS) is 31.6. The van der Waals surface area contributed by atoms with E-state index < -0.39 is 0 Å². The first kappa shape index (κ1) is 7.68. The van der Waals surface area contributed by atoms with Gasteiger partial charge in [-0.2, -0.15) is 0 Å². The van der Waals surface area contributed by atoms with Crippen LogP contribution in [0.25, 0.3) is 0 Å². The van der Waals surface area contributed by atoms with Gasteiger partial charge >= 0.3 is 0 Å². The Balaban J connectivity index is 2.35. The second kappa shape index (κ2) is 2.04. The van der Waals surface area contributed by atoms with Crippen LogP contribution in [0.15, 0.2) is 18.5 Å². The summed E-state index contributed by atoms with van der Waals surface area (Å²) in [5.74, 6) is 0.773. The fraction of sp³-hybridized carbons (Fsp3) is 0.556. The largest absolute Gasteiger partial charge is 0.318 e. The zero-order valence-electron chi connectivity index (χ0n) is 7.41. The van der Waals surface area contributed by atoms with Crippen LogP contribution in [0, 0.1) is 5.41 Å². The van der Waals surface area contributed by atoms with Gasteiger partial charge in [0.2, 0.25) is 0 Å². The third kappa shape index (κ3) is 0.862. The second-order valence-electron chi connectivity index (χ2n) is 4.10. The first-order chi connectivity index (χ1) is 5.56. The van der Waals surface area contributed by atoms with Crippen LogP contribution >= 0.6 is 0 Å². The molecule has 1 saturated carbocycles. The average Bonchev–Trinajstić information content (AvgIpc) is 2.55. The van der Waals surface area contributed by atoms with E-state index in [1.54, 1.807) is 12.4 Å². The molecule has 2 rings (SSSR count). The molecule has 3 heteroatoms. The summed E-state index contributed by atoms with van der Waals surface area (Å²) in [7, 11) is 0. The van der Waals surface area contributed by atoms with Crippen molar-refractivity contribution in [2.45, 2.75) is 25.8 Å². The zero-order valence-corrected chi connectivity index (χ0v) is 7.41. The lowest BCUT2D eigenvalue weighted by Gasteiger charge is -2.11. The summed E-state index contributed by atoms with van der Waals surface area (Å²) < 4.78 is 0. The molecule has 0 bridgehead atoms. The van der Waals surface area contributed by atoms with Crippen LogP contribution in [0.1, 0.15) is 26.1 Å². The lowest BCUT2D eigenvalue weighted by Crippen LogP contribution is -2.27. The van der Waals surface area contributed by atoms with Crippen molar-refractivity contribution >= 4 is 0 Å². The van der Waals surface area contributed by atoms with E-state index in [1.165, 1.54) is 0 Å². The summed E-state index contributed by atoms with van der Waals surface area (Å²) in [6, 6.07) is 1.81. The highest BCUT2D eigenvalue weighted by atomic mass is 15.0. The van der Waals surface area contributed by atoms with Crippen molar-refractivity contribution in [3.63, 3.8) is 0 Å². The van der Waals surface area contributed by atoms with Gasteiger partial charge in [0, 0.05) is 12.4 Å². The number of aromatic nitrogens is 2. The molecule has 1 heterocycles. The quantitative estimate of drug-likeness (QED) is 0.673. The molecule has 3 nitrogen and oxygen atoms in total. The van der Waals surface area contributed by atoms with Gasteiger partial charge in [0.05, 0.1) is 5.54 Å². The molecular weight excluding hydrogens is 150 g/mol. The van der Waals surface area contributed by atoms with Crippen LogP contribution in [0.4, 0.5) is 0 Å². The minimum atomic E-state index is -0.283. The van der Waals surface area contributed by atoms with E-state index in [1.807, 2.05) is 6.07 Å². The molecule has 1 unspecified atom stereocenters. The smallest absolute Gasteiger partial charge is 0.148 e. The molecule has 0 amide bonds. The first-order valence-electron chi connectivity index (χ1n) is 4.13. The Labute approximate surface area is 72.0 Å². The summed E-state index contributed by atoms with van der Waals surface area (Å²) in [5.41, 5.74) is 6.00. The van der Waals surface area contributed by atoms with Crippen molar-refractivity contribution in [3.05, 3.63) is 24.3 Å². The summed E-state index contributed by atoms with van der Waals surface area (Å²) in [6.07, 6.45) is 4.46. The summed E-state index contributed by atoms with van der Waals surface area (Å²) in [4.78, 5) is 8.34. The molecule has 1 aliphatic carbocycles. The molecule has 0 spiro atoms. The molecule has 1 aromatic rings. The van der Waals surface area contributed by atoms with Gasteiger partial charge in [-0.3, -0.25) is 0 Å². The Morgan fingerprint density at radius 3 is 2.25 bits per heavy atom. The highest BCUT2D eigenvalue weighted by molar-refractivity contribution is 5.23. The van der Waals surface area contributed by atoms with Crippen LogP contribution in [0.2, 0.25) is 0 Å². The van der Waals surface area contributed by atoms with E-state index >= 15 is 0 Å². The van der Waals surface area contributed by atoms with Crippen molar-refractivity contribution in [2.75, 3.05) is 0 Å². The van der Waals surface area contributed by atoms with Gasteiger partial charge in [-0.15, -0.1) is 0 Å².